The van der Waals surface area contributed by atoms with Crippen molar-refractivity contribution in [2.75, 3.05) is 24.9 Å². The van der Waals surface area contributed by atoms with E-state index in [1.165, 1.54) is 0 Å². The molecule has 96 valence electrons. The SMILES string of the molecule is COC(C)(C)CCOc1cc(NN)nc(N)n1. The predicted molar refractivity (Wildman–Crippen MR) is 65.5 cm³/mol. The molecule has 0 bridgehead atoms. The van der Waals surface area contributed by atoms with Crippen LogP contribution in [0.15, 0.2) is 6.07 Å². The number of nitrogens with one attached hydrogen (secondary N) is 1. The summed E-state index contributed by atoms with van der Waals surface area (Å²) in [6, 6.07) is 1.58. The van der Waals surface area contributed by atoms with E-state index in [0.717, 1.165) is 6.42 Å². The summed E-state index contributed by atoms with van der Waals surface area (Å²) in [5.41, 5.74) is 7.66. The van der Waals surface area contributed by atoms with E-state index in [-0.39, 0.29) is 11.5 Å². The highest BCUT2D eigenvalue weighted by Crippen LogP contribution is 2.16. The minimum atomic E-state index is -0.229. The van der Waals surface area contributed by atoms with Gasteiger partial charge in [-0.1, -0.05) is 0 Å². The Morgan fingerprint density at radius 2 is 2.12 bits per heavy atom. The first-order valence-electron chi connectivity index (χ1n) is 5.26. The highest BCUT2D eigenvalue weighted by Gasteiger charge is 2.16. The number of nitrogen functional groups attached to an aromatic ring is 2. The Morgan fingerprint density at radius 1 is 1.41 bits per heavy atom. The van der Waals surface area contributed by atoms with Crippen molar-refractivity contribution in [2.45, 2.75) is 25.9 Å². The first kappa shape index (κ1) is 13.5. The second-order valence-electron chi connectivity index (χ2n) is 4.16. The van der Waals surface area contributed by atoms with Crippen molar-refractivity contribution in [3.8, 4) is 5.88 Å². The number of rotatable bonds is 6. The molecule has 0 saturated heterocycles. The van der Waals surface area contributed by atoms with Gasteiger partial charge in [0.05, 0.1) is 12.2 Å². The summed E-state index contributed by atoms with van der Waals surface area (Å²) in [7, 11) is 1.67. The smallest absolute Gasteiger partial charge is 0.225 e. The van der Waals surface area contributed by atoms with E-state index in [1.807, 2.05) is 13.8 Å². The van der Waals surface area contributed by atoms with E-state index >= 15 is 0 Å². The van der Waals surface area contributed by atoms with Crippen LogP contribution in [0.1, 0.15) is 20.3 Å². The molecule has 7 heteroatoms. The molecule has 1 aromatic heterocycles. The van der Waals surface area contributed by atoms with E-state index in [1.54, 1.807) is 13.2 Å². The van der Waals surface area contributed by atoms with Crippen molar-refractivity contribution >= 4 is 11.8 Å². The first-order chi connectivity index (χ1) is 7.96. The first-order valence-corrected chi connectivity index (χ1v) is 5.26. The molecule has 0 aromatic carbocycles. The third-order valence-corrected chi connectivity index (χ3v) is 2.37. The average molecular weight is 241 g/mol. The van der Waals surface area contributed by atoms with Crippen LogP contribution in [0.2, 0.25) is 0 Å². The van der Waals surface area contributed by atoms with Gasteiger partial charge in [0.2, 0.25) is 11.8 Å². The molecule has 17 heavy (non-hydrogen) atoms. The second-order valence-corrected chi connectivity index (χ2v) is 4.16. The van der Waals surface area contributed by atoms with Gasteiger partial charge < -0.3 is 20.6 Å². The van der Waals surface area contributed by atoms with Crippen molar-refractivity contribution < 1.29 is 9.47 Å². The van der Waals surface area contributed by atoms with Crippen LogP contribution in [0.4, 0.5) is 11.8 Å². The summed E-state index contributed by atoms with van der Waals surface area (Å²) in [4.78, 5) is 7.79. The van der Waals surface area contributed by atoms with Gasteiger partial charge in [0, 0.05) is 19.6 Å². The maximum absolute atomic E-state index is 5.50. The predicted octanol–water partition coefficient (Wildman–Crippen LogP) is 0.538. The molecular weight excluding hydrogens is 222 g/mol. The van der Waals surface area contributed by atoms with Gasteiger partial charge >= 0.3 is 0 Å². The molecule has 0 radical (unpaired) electrons. The number of anilines is 2. The topological polar surface area (TPSA) is 108 Å². The summed E-state index contributed by atoms with van der Waals surface area (Å²) in [5.74, 6) is 6.15. The van der Waals surface area contributed by atoms with Gasteiger partial charge in [-0.15, -0.1) is 0 Å². The van der Waals surface area contributed by atoms with Crippen LogP contribution in [-0.4, -0.2) is 29.3 Å². The summed E-state index contributed by atoms with van der Waals surface area (Å²) in [6.07, 6.45) is 0.735. The van der Waals surface area contributed by atoms with Crippen molar-refractivity contribution in [2.24, 2.45) is 5.84 Å². The monoisotopic (exact) mass is 241 g/mol. The lowest BCUT2D eigenvalue weighted by atomic mass is 10.1. The zero-order chi connectivity index (χ0) is 12.9. The second kappa shape index (κ2) is 5.65. The molecule has 0 aliphatic rings. The molecule has 0 atom stereocenters. The summed E-state index contributed by atoms with van der Waals surface area (Å²) in [5, 5.41) is 0. The van der Waals surface area contributed by atoms with E-state index < -0.39 is 0 Å². The van der Waals surface area contributed by atoms with E-state index in [2.05, 4.69) is 15.4 Å². The van der Waals surface area contributed by atoms with Gasteiger partial charge in [0.25, 0.3) is 0 Å². The van der Waals surface area contributed by atoms with Gasteiger partial charge in [0.1, 0.15) is 5.82 Å². The number of nitrogens with zero attached hydrogens (tertiary/aromatic N) is 2. The van der Waals surface area contributed by atoms with Crippen LogP contribution in [0.5, 0.6) is 5.88 Å². The Hall–Kier alpha value is -1.60. The highest BCUT2D eigenvalue weighted by atomic mass is 16.5. The van der Waals surface area contributed by atoms with Crippen LogP contribution in [0, 0.1) is 0 Å². The fraction of sp³-hybridized carbons (Fsp3) is 0.600. The molecular formula is C10H19N5O2. The molecule has 0 amide bonds. The van der Waals surface area contributed by atoms with Gasteiger partial charge in [-0.2, -0.15) is 9.97 Å². The third kappa shape index (κ3) is 4.41. The van der Waals surface area contributed by atoms with Crippen molar-refractivity contribution in [3.05, 3.63) is 6.07 Å². The Bertz CT molecular complexity index is 370. The number of aromatic nitrogens is 2. The number of hydrazine groups is 1. The lowest BCUT2D eigenvalue weighted by Crippen LogP contribution is -2.25. The molecule has 0 saturated carbocycles. The van der Waals surface area contributed by atoms with Gasteiger partial charge in [-0.3, -0.25) is 0 Å². The molecule has 0 spiro atoms. The van der Waals surface area contributed by atoms with Gasteiger partial charge in [-0.05, 0) is 13.8 Å². The third-order valence-electron chi connectivity index (χ3n) is 2.37. The minimum absolute atomic E-state index is 0.112. The Labute approximate surface area is 100 Å². The van der Waals surface area contributed by atoms with Crippen LogP contribution in [-0.2, 0) is 4.74 Å². The molecule has 1 aromatic rings. The lowest BCUT2D eigenvalue weighted by molar-refractivity contribution is 0.00510. The Kier molecular flexibility index (Phi) is 4.47. The number of nitrogens with two attached hydrogens (primary N) is 2. The molecule has 7 nitrogen and oxygen atoms in total. The number of methoxy groups -OCH3 is 1. The molecule has 0 unspecified atom stereocenters. The zero-order valence-corrected chi connectivity index (χ0v) is 10.4. The Morgan fingerprint density at radius 3 is 2.71 bits per heavy atom. The fourth-order valence-electron chi connectivity index (χ4n) is 1.09. The average Bonchev–Trinajstić information content (AvgIpc) is 2.28. The summed E-state index contributed by atoms with van der Waals surface area (Å²) >= 11 is 0. The van der Waals surface area contributed by atoms with Gasteiger partial charge in [0.15, 0.2) is 0 Å². The maximum Gasteiger partial charge on any atom is 0.225 e. The Balaban J connectivity index is 2.55. The summed E-state index contributed by atoms with van der Waals surface area (Å²) in [6.45, 7) is 4.44. The number of ether oxygens (including phenoxy) is 2. The lowest BCUT2D eigenvalue weighted by Gasteiger charge is -2.22. The molecule has 0 aliphatic carbocycles. The highest BCUT2D eigenvalue weighted by molar-refractivity contribution is 5.41. The maximum atomic E-state index is 5.50. The molecule has 5 N–H and O–H groups in total. The molecule has 1 rings (SSSR count). The quantitative estimate of drug-likeness (QED) is 0.492. The van der Waals surface area contributed by atoms with E-state index in [4.69, 9.17) is 21.1 Å². The van der Waals surface area contributed by atoms with Crippen LogP contribution < -0.4 is 21.7 Å². The standard InChI is InChI=1S/C10H19N5O2/c1-10(2,16-3)4-5-17-8-6-7(15-12)13-9(11)14-8/h6H,4-5,12H2,1-3H3,(H3,11,13,14,15). The van der Waals surface area contributed by atoms with Crippen LogP contribution >= 0.6 is 0 Å². The molecule has 1 heterocycles. The normalized spacial score (nSPS) is 11.3. The molecule has 0 aliphatic heterocycles. The largest absolute Gasteiger partial charge is 0.477 e. The van der Waals surface area contributed by atoms with E-state index in [9.17, 15) is 0 Å². The van der Waals surface area contributed by atoms with Crippen LogP contribution in [0.3, 0.4) is 0 Å². The van der Waals surface area contributed by atoms with Crippen molar-refractivity contribution in [1.82, 2.24) is 9.97 Å². The minimum Gasteiger partial charge on any atom is -0.477 e. The fourth-order valence-corrected chi connectivity index (χ4v) is 1.09. The van der Waals surface area contributed by atoms with Crippen molar-refractivity contribution in [3.63, 3.8) is 0 Å². The van der Waals surface area contributed by atoms with Crippen LogP contribution in [0.25, 0.3) is 0 Å². The molecule has 0 fully saturated rings. The summed E-state index contributed by atoms with van der Waals surface area (Å²) < 4.78 is 10.7. The van der Waals surface area contributed by atoms with Crippen molar-refractivity contribution in [1.29, 1.82) is 0 Å². The zero-order valence-electron chi connectivity index (χ0n) is 10.4. The van der Waals surface area contributed by atoms with E-state index in [0.29, 0.717) is 18.3 Å². The number of hydrogen-bond acceptors (Lipinski definition) is 7. The van der Waals surface area contributed by atoms with Gasteiger partial charge in [-0.25, -0.2) is 5.84 Å². The number of hydrogen-bond donors (Lipinski definition) is 3.